The minimum Gasteiger partial charge on any atom is -0.478 e. The van der Waals surface area contributed by atoms with Crippen molar-refractivity contribution in [1.29, 1.82) is 0 Å². The molecular formula is C14H16ClNO4S. The minimum absolute atomic E-state index is 0.0128. The highest BCUT2D eigenvalue weighted by Gasteiger charge is 2.20. The Labute approximate surface area is 128 Å². The van der Waals surface area contributed by atoms with Crippen LogP contribution in [0, 0.1) is 5.92 Å². The Kier molecular flexibility index (Phi) is 5.03. The molecule has 0 saturated carbocycles. The van der Waals surface area contributed by atoms with E-state index in [-0.39, 0.29) is 21.4 Å². The number of carboxylic acids is 1. The highest BCUT2D eigenvalue weighted by atomic mass is 35.5. The summed E-state index contributed by atoms with van der Waals surface area (Å²) >= 11 is 5.74. The predicted octanol–water partition coefficient (Wildman–Crippen LogP) is 2.67. The first-order valence-electron chi connectivity index (χ1n) is 6.57. The summed E-state index contributed by atoms with van der Waals surface area (Å²) in [5, 5.41) is 9.00. The molecule has 2 N–H and O–H groups in total. The Morgan fingerprint density at radius 2 is 2.14 bits per heavy atom. The predicted molar refractivity (Wildman–Crippen MR) is 80.1 cm³/mol. The average Bonchev–Trinajstić information content (AvgIpc) is 2.46. The average molecular weight is 330 g/mol. The molecule has 7 heteroatoms. The van der Waals surface area contributed by atoms with Crippen molar-refractivity contribution >= 4 is 27.6 Å². The van der Waals surface area contributed by atoms with Gasteiger partial charge in [0.25, 0.3) is 0 Å². The topological polar surface area (TPSA) is 83.5 Å². The van der Waals surface area contributed by atoms with Crippen LogP contribution in [0.5, 0.6) is 0 Å². The molecule has 1 aromatic carbocycles. The number of carboxylic acid groups (broad SMARTS) is 1. The van der Waals surface area contributed by atoms with E-state index in [1.165, 1.54) is 12.1 Å². The van der Waals surface area contributed by atoms with Crippen LogP contribution in [0.4, 0.5) is 0 Å². The van der Waals surface area contributed by atoms with Gasteiger partial charge in [-0.3, -0.25) is 0 Å². The molecule has 0 fully saturated rings. The summed E-state index contributed by atoms with van der Waals surface area (Å²) in [5.41, 5.74) is -0.222. The summed E-state index contributed by atoms with van der Waals surface area (Å²) in [6, 6.07) is 3.66. The summed E-state index contributed by atoms with van der Waals surface area (Å²) in [4.78, 5) is 10.9. The maximum Gasteiger partial charge on any atom is 0.337 e. The maximum absolute atomic E-state index is 12.2. The van der Waals surface area contributed by atoms with Crippen LogP contribution in [0.1, 0.15) is 29.6 Å². The van der Waals surface area contributed by atoms with E-state index in [9.17, 15) is 13.2 Å². The second-order valence-corrected chi connectivity index (χ2v) is 7.12. The summed E-state index contributed by atoms with van der Waals surface area (Å²) < 4.78 is 26.9. The molecule has 1 aliphatic rings. The lowest BCUT2D eigenvalue weighted by molar-refractivity contribution is 0.0697. The van der Waals surface area contributed by atoms with Crippen molar-refractivity contribution in [2.45, 2.75) is 24.2 Å². The van der Waals surface area contributed by atoms with Gasteiger partial charge in [-0.25, -0.2) is 17.9 Å². The van der Waals surface area contributed by atoms with Crippen LogP contribution < -0.4 is 4.72 Å². The fourth-order valence-corrected chi connectivity index (χ4v) is 3.53. The normalized spacial score (nSPS) is 18.6. The van der Waals surface area contributed by atoms with Gasteiger partial charge in [-0.15, -0.1) is 0 Å². The van der Waals surface area contributed by atoms with Crippen molar-refractivity contribution in [3.05, 3.63) is 40.9 Å². The van der Waals surface area contributed by atoms with Crippen molar-refractivity contribution in [1.82, 2.24) is 4.72 Å². The van der Waals surface area contributed by atoms with E-state index >= 15 is 0 Å². The number of sulfonamides is 1. The van der Waals surface area contributed by atoms with E-state index in [0.29, 0.717) is 6.54 Å². The number of carbonyl (C=O) groups is 1. The Morgan fingerprint density at radius 3 is 2.76 bits per heavy atom. The standard InChI is InChI=1S/C14H16ClNO4S/c15-13-7-6-11(8-12(13)14(17)18)21(19,20)16-9-10-4-2-1-3-5-10/h1-2,6-8,10,16H,3-5,9H2,(H,17,18). The molecule has 1 atom stereocenters. The van der Waals surface area contributed by atoms with Gasteiger partial charge < -0.3 is 5.11 Å². The number of hydrogen-bond acceptors (Lipinski definition) is 3. The fourth-order valence-electron chi connectivity index (χ4n) is 2.19. The molecule has 0 amide bonds. The lowest BCUT2D eigenvalue weighted by atomic mass is 9.95. The van der Waals surface area contributed by atoms with Crippen molar-refractivity contribution in [2.75, 3.05) is 6.54 Å². The fraction of sp³-hybridized carbons (Fsp3) is 0.357. The van der Waals surface area contributed by atoms with Crippen LogP contribution in [-0.4, -0.2) is 26.0 Å². The highest BCUT2D eigenvalue weighted by Crippen LogP contribution is 2.22. The smallest absolute Gasteiger partial charge is 0.337 e. The van der Waals surface area contributed by atoms with E-state index < -0.39 is 16.0 Å². The zero-order valence-electron chi connectivity index (χ0n) is 11.3. The number of halogens is 1. The summed E-state index contributed by atoms with van der Waals surface area (Å²) in [6.07, 6.45) is 6.89. The van der Waals surface area contributed by atoms with Crippen molar-refractivity contribution < 1.29 is 18.3 Å². The Morgan fingerprint density at radius 1 is 1.38 bits per heavy atom. The van der Waals surface area contributed by atoms with Crippen LogP contribution in [0.3, 0.4) is 0 Å². The minimum atomic E-state index is -3.73. The van der Waals surface area contributed by atoms with Gasteiger partial charge in [-0.1, -0.05) is 23.8 Å². The molecule has 0 aromatic heterocycles. The van der Waals surface area contributed by atoms with Gasteiger partial charge in [-0.2, -0.15) is 0 Å². The molecule has 0 bridgehead atoms. The quantitative estimate of drug-likeness (QED) is 0.813. The molecule has 0 aliphatic heterocycles. The Hall–Kier alpha value is -1.37. The Bertz CT molecular complexity index is 670. The number of allylic oxidation sites excluding steroid dienone is 2. The van der Waals surface area contributed by atoms with E-state index in [1.807, 2.05) is 6.08 Å². The first-order valence-corrected chi connectivity index (χ1v) is 8.44. The van der Waals surface area contributed by atoms with Crippen molar-refractivity contribution in [2.24, 2.45) is 5.92 Å². The van der Waals surface area contributed by atoms with Crippen LogP contribution in [0.2, 0.25) is 5.02 Å². The van der Waals surface area contributed by atoms with Crippen molar-refractivity contribution in [3.63, 3.8) is 0 Å². The number of hydrogen-bond donors (Lipinski definition) is 2. The van der Waals surface area contributed by atoms with Gasteiger partial charge in [0.1, 0.15) is 0 Å². The largest absolute Gasteiger partial charge is 0.478 e. The van der Waals surface area contributed by atoms with Gasteiger partial charge in [0.15, 0.2) is 0 Å². The van der Waals surface area contributed by atoms with Crippen LogP contribution in [0.25, 0.3) is 0 Å². The van der Waals surface area contributed by atoms with E-state index in [0.717, 1.165) is 25.3 Å². The molecule has 0 saturated heterocycles. The molecule has 21 heavy (non-hydrogen) atoms. The summed E-state index contributed by atoms with van der Waals surface area (Å²) in [6.45, 7) is 0.345. The van der Waals surface area contributed by atoms with Gasteiger partial charge in [0.2, 0.25) is 10.0 Å². The third-order valence-electron chi connectivity index (χ3n) is 3.42. The van der Waals surface area contributed by atoms with Crippen LogP contribution in [-0.2, 0) is 10.0 Å². The molecule has 1 unspecified atom stereocenters. The molecule has 0 spiro atoms. The number of aromatic carboxylic acids is 1. The van der Waals surface area contributed by atoms with Crippen LogP contribution in [0.15, 0.2) is 35.2 Å². The zero-order valence-corrected chi connectivity index (χ0v) is 12.8. The van der Waals surface area contributed by atoms with E-state index in [1.54, 1.807) is 0 Å². The first kappa shape index (κ1) is 16.0. The van der Waals surface area contributed by atoms with Gasteiger partial charge in [0, 0.05) is 6.54 Å². The second kappa shape index (κ2) is 6.60. The molecule has 114 valence electrons. The third kappa shape index (κ3) is 4.06. The molecular weight excluding hydrogens is 314 g/mol. The van der Waals surface area contributed by atoms with Gasteiger partial charge in [0.05, 0.1) is 15.5 Å². The molecule has 5 nitrogen and oxygen atoms in total. The number of nitrogens with one attached hydrogen (secondary N) is 1. The first-order chi connectivity index (χ1) is 9.90. The molecule has 2 rings (SSSR count). The van der Waals surface area contributed by atoms with E-state index in [4.69, 9.17) is 16.7 Å². The summed E-state index contributed by atoms with van der Waals surface area (Å²) in [7, 11) is -3.73. The number of rotatable bonds is 5. The molecule has 1 aliphatic carbocycles. The highest BCUT2D eigenvalue weighted by molar-refractivity contribution is 7.89. The third-order valence-corrected chi connectivity index (χ3v) is 5.17. The molecule has 1 aromatic rings. The van der Waals surface area contributed by atoms with Crippen molar-refractivity contribution in [3.8, 4) is 0 Å². The molecule has 0 heterocycles. The lowest BCUT2D eigenvalue weighted by Gasteiger charge is -2.18. The maximum atomic E-state index is 12.2. The monoisotopic (exact) mass is 329 g/mol. The SMILES string of the molecule is O=C(O)c1cc(S(=O)(=O)NCC2CC=CCC2)ccc1Cl. The summed E-state index contributed by atoms with van der Waals surface area (Å²) in [5.74, 6) is -0.981. The Balaban J connectivity index is 2.13. The van der Waals surface area contributed by atoms with Crippen LogP contribution >= 0.6 is 11.6 Å². The van der Waals surface area contributed by atoms with Gasteiger partial charge >= 0.3 is 5.97 Å². The zero-order chi connectivity index (χ0) is 15.5. The lowest BCUT2D eigenvalue weighted by Crippen LogP contribution is -2.30. The second-order valence-electron chi connectivity index (χ2n) is 4.95. The van der Waals surface area contributed by atoms with E-state index in [2.05, 4.69) is 10.8 Å². The molecule has 0 radical (unpaired) electrons. The number of benzene rings is 1. The van der Waals surface area contributed by atoms with Gasteiger partial charge in [-0.05, 0) is 43.4 Å².